The van der Waals surface area contributed by atoms with Gasteiger partial charge in [0, 0.05) is 6.42 Å². The maximum absolute atomic E-state index is 13.0. The van der Waals surface area contributed by atoms with Crippen molar-refractivity contribution in [2.24, 2.45) is 11.5 Å². The first-order chi connectivity index (χ1) is 17.4. The third-order valence-corrected chi connectivity index (χ3v) is 5.82. The molecule has 37 heavy (non-hydrogen) atoms. The second-order valence-electron chi connectivity index (χ2n) is 8.20. The van der Waals surface area contributed by atoms with Crippen molar-refractivity contribution in [3.05, 3.63) is 35.9 Å². The van der Waals surface area contributed by atoms with E-state index in [9.17, 15) is 33.9 Å². The van der Waals surface area contributed by atoms with Crippen LogP contribution in [-0.4, -0.2) is 82.0 Å². The number of hydrogen-bond acceptors (Lipinski definition) is 8. The van der Waals surface area contributed by atoms with E-state index in [1.54, 1.807) is 36.6 Å². The Bertz CT molecular complexity index is 962. The van der Waals surface area contributed by atoms with E-state index in [0.717, 1.165) is 5.56 Å². The largest absolute Gasteiger partial charge is 0.481 e. The van der Waals surface area contributed by atoms with E-state index in [4.69, 9.17) is 16.6 Å². The third-order valence-electron chi connectivity index (χ3n) is 5.18. The van der Waals surface area contributed by atoms with Gasteiger partial charge in [-0.2, -0.15) is 11.8 Å². The fraction of sp³-hybridized carbons (Fsp3) is 0.478. The van der Waals surface area contributed by atoms with Crippen LogP contribution < -0.4 is 27.4 Å². The minimum Gasteiger partial charge on any atom is -0.481 e. The predicted octanol–water partition coefficient (Wildman–Crippen LogP) is -1.41. The second-order valence-corrected chi connectivity index (χ2v) is 9.19. The molecule has 0 radical (unpaired) electrons. The van der Waals surface area contributed by atoms with Crippen molar-refractivity contribution in [3.8, 4) is 0 Å². The normalized spacial score (nSPS) is 13.9. The van der Waals surface area contributed by atoms with Gasteiger partial charge in [0.1, 0.15) is 18.1 Å². The molecule has 0 saturated carbocycles. The van der Waals surface area contributed by atoms with E-state index < -0.39 is 72.6 Å². The van der Waals surface area contributed by atoms with E-state index in [2.05, 4.69) is 16.0 Å². The number of rotatable bonds is 17. The minimum atomic E-state index is -1.60. The van der Waals surface area contributed by atoms with Gasteiger partial charge in [-0.15, -0.1) is 0 Å². The van der Waals surface area contributed by atoms with Crippen LogP contribution in [0.5, 0.6) is 0 Å². The van der Waals surface area contributed by atoms with Crippen LogP contribution in [0.4, 0.5) is 0 Å². The zero-order valence-corrected chi connectivity index (χ0v) is 21.2. The lowest BCUT2D eigenvalue weighted by molar-refractivity contribution is -0.143. The summed E-state index contributed by atoms with van der Waals surface area (Å²) in [5.74, 6) is -5.63. The van der Waals surface area contributed by atoms with E-state index in [1.807, 2.05) is 0 Å². The molecule has 0 aliphatic heterocycles. The van der Waals surface area contributed by atoms with Gasteiger partial charge in [-0.25, -0.2) is 4.79 Å². The first-order valence-electron chi connectivity index (χ1n) is 11.4. The third kappa shape index (κ3) is 12.2. The summed E-state index contributed by atoms with van der Waals surface area (Å²) in [6, 6.07) is 3.74. The average molecular weight is 540 g/mol. The molecule has 0 heterocycles. The molecule has 1 rings (SSSR count). The summed E-state index contributed by atoms with van der Waals surface area (Å²) >= 11 is 1.36. The molecular formula is C23H33N5O8S. The molecule has 0 aliphatic rings. The van der Waals surface area contributed by atoms with E-state index in [-0.39, 0.29) is 19.3 Å². The lowest BCUT2D eigenvalue weighted by Crippen LogP contribution is -2.57. The summed E-state index contributed by atoms with van der Waals surface area (Å²) < 4.78 is 0. The van der Waals surface area contributed by atoms with Crippen molar-refractivity contribution < 1.29 is 39.0 Å². The van der Waals surface area contributed by atoms with Crippen molar-refractivity contribution in [2.45, 2.75) is 56.3 Å². The number of thioether (sulfide) groups is 1. The molecule has 4 atom stereocenters. The van der Waals surface area contributed by atoms with Gasteiger partial charge in [0.2, 0.25) is 23.6 Å². The molecule has 204 valence electrons. The fourth-order valence-electron chi connectivity index (χ4n) is 3.23. The molecule has 1 aromatic carbocycles. The number of amides is 4. The molecule has 0 aromatic heterocycles. The van der Waals surface area contributed by atoms with Crippen LogP contribution in [0.25, 0.3) is 0 Å². The van der Waals surface area contributed by atoms with Crippen LogP contribution in [-0.2, 0) is 35.2 Å². The summed E-state index contributed by atoms with van der Waals surface area (Å²) in [4.78, 5) is 72.0. The van der Waals surface area contributed by atoms with Crippen LogP contribution >= 0.6 is 11.8 Å². The first kappa shape index (κ1) is 31.4. The number of aliphatic carboxylic acids is 2. The number of carbonyl (C=O) groups excluding carboxylic acids is 4. The minimum absolute atomic E-state index is 0.0920. The van der Waals surface area contributed by atoms with Crippen LogP contribution in [0.2, 0.25) is 0 Å². The molecule has 0 bridgehead atoms. The Morgan fingerprint density at radius 3 is 1.92 bits per heavy atom. The van der Waals surface area contributed by atoms with E-state index >= 15 is 0 Å². The molecule has 4 unspecified atom stereocenters. The van der Waals surface area contributed by atoms with Gasteiger partial charge in [-0.3, -0.25) is 24.0 Å². The van der Waals surface area contributed by atoms with Gasteiger partial charge in [0.15, 0.2) is 0 Å². The summed E-state index contributed by atoms with van der Waals surface area (Å²) in [6.45, 7) is 0. The van der Waals surface area contributed by atoms with Gasteiger partial charge >= 0.3 is 11.9 Å². The number of nitrogens with one attached hydrogen (secondary N) is 3. The SMILES string of the molecule is CSCCC(NC(=O)C(CCC(=O)O)NC(=O)C(N)Cc1ccccc1)C(=O)NC(CC(N)=O)C(=O)O. The van der Waals surface area contributed by atoms with Crippen LogP contribution in [0.1, 0.15) is 31.2 Å². The summed E-state index contributed by atoms with van der Waals surface area (Å²) in [6.07, 6.45) is 0.646. The average Bonchev–Trinajstić information content (AvgIpc) is 2.83. The Morgan fingerprint density at radius 2 is 1.41 bits per heavy atom. The number of carboxylic acid groups (broad SMARTS) is 2. The molecule has 13 nitrogen and oxygen atoms in total. The molecular weight excluding hydrogens is 506 g/mol. The topological polar surface area (TPSA) is 231 Å². The van der Waals surface area contributed by atoms with Crippen molar-refractivity contribution in [3.63, 3.8) is 0 Å². The standard InChI is InChI=1S/C23H33N5O8S/c1-37-10-9-16(22(34)28-17(23(35)36)12-18(25)29)27-21(33)15(7-8-19(30)31)26-20(32)14(24)11-13-5-3-2-4-6-13/h2-6,14-17H,7-12,24H2,1H3,(H2,25,29)(H,26,32)(H,27,33)(H,28,34)(H,30,31)(H,35,36). The number of benzene rings is 1. The highest BCUT2D eigenvalue weighted by Gasteiger charge is 2.31. The Hall–Kier alpha value is -3.65. The maximum Gasteiger partial charge on any atom is 0.326 e. The Labute approximate surface area is 218 Å². The summed E-state index contributed by atoms with van der Waals surface area (Å²) in [5.41, 5.74) is 11.8. The summed E-state index contributed by atoms with van der Waals surface area (Å²) in [5, 5.41) is 25.4. The lowest BCUT2D eigenvalue weighted by atomic mass is 10.0. The molecule has 0 spiro atoms. The number of carbonyl (C=O) groups is 6. The van der Waals surface area contributed by atoms with Crippen molar-refractivity contribution in [1.82, 2.24) is 16.0 Å². The van der Waals surface area contributed by atoms with Crippen molar-refractivity contribution >= 4 is 47.3 Å². The molecule has 0 fully saturated rings. The van der Waals surface area contributed by atoms with E-state index in [0.29, 0.717) is 5.75 Å². The van der Waals surface area contributed by atoms with Crippen LogP contribution in [0, 0.1) is 0 Å². The van der Waals surface area contributed by atoms with Gasteiger partial charge < -0.3 is 37.6 Å². The number of carboxylic acids is 2. The quantitative estimate of drug-likeness (QED) is 0.122. The van der Waals surface area contributed by atoms with E-state index in [1.165, 1.54) is 11.8 Å². The monoisotopic (exact) mass is 539 g/mol. The van der Waals surface area contributed by atoms with Crippen LogP contribution in [0.3, 0.4) is 0 Å². The Morgan fingerprint density at radius 1 is 0.865 bits per heavy atom. The molecule has 14 heteroatoms. The highest BCUT2D eigenvalue weighted by atomic mass is 32.2. The molecule has 9 N–H and O–H groups in total. The molecule has 0 aliphatic carbocycles. The lowest BCUT2D eigenvalue weighted by Gasteiger charge is -2.25. The Balaban J connectivity index is 2.98. The van der Waals surface area contributed by atoms with Gasteiger partial charge in [0.25, 0.3) is 0 Å². The second kappa shape index (κ2) is 16.2. The van der Waals surface area contributed by atoms with Gasteiger partial charge in [-0.05, 0) is 36.8 Å². The Kier molecular flexibility index (Phi) is 13.7. The maximum atomic E-state index is 13.0. The predicted molar refractivity (Wildman–Crippen MR) is 135 cm³/mol. The molecule has 4 amide bonds. The molecule has 0 saturated heterocycles. The van der Waals surface area contributed by atoms with Gasteiger partial charge in [0.05, 0.1) is 12.5 Å². The van der Waals surface area contributed by atoms with Crippen molar-refractivity contribution in [2.75, 3.05) is 12.0 Å². The zero-order chi connectivity index (χ0) is 28.0. The number of hydrogen-bond donors (Lipinski definition) is 7. The number of primary amides is 1. The smallest absolute Gasteiger partial charge is 0.326 e. The van der Waals surface area contributed by atoms with Gasteiger partial charge in [-0.1, -0.05) is 30.3 Å². The molecule has 1 aromatic rings. The highest BCUT2D eigenvalue weighted by molar-refractivity contribution is 7.98. The summed E-state index contributed by atoms with van der Waals surface area (Å²) in [7, 11) is 0. The first-order valence-corrected chi connectivity index (χ1v) is 12.8. The van der Waals surface area contributed by atoms with Crippen LogP contribution in [0.15, 0.2) is 30.3 Å². The van der Waals surface area contributed by atoms with Crippen molar-refractivity contribution in [1.29, 1.82) is 0 Å². The number of nitrogens with two attached hydrogens (primary N) is 2. The zero-order valence-electron chi connectivity index (χ0n) is 20.3. The highest BCUT2D eigenvalue weighted by Crippen LogP contribution is 2.07. The fourth-order valence-corrected chi connectivity index (χ4v) is 3.70.